The van der Waals surface area contributed by atoms with Crippen molar-refractivity contribution >= 4 is 29.2 Å². The van der Waals surface area contributed by atoms with Crippen molar-refractivity contribution in [3.05, 3.63) is 52.5 Å². The molecule has 0 bridgehead atoms. The van der Waals surface area contributed by atoms with Gasteiger partial charge in [-0.15, -0.1) is 0 Å². The second kappa shape index (κ2) is 8.32. The van der Waals surface area contributed by atoms with Crippen LogP contribution >= 0.6 is 11.3 Å². The summed E-state index contributed by atoms with van der Waals surface area (Å²) in [4.78, 5) is 43.3. The molecule has 1 saturated carbocycles. The lowest BCUT2D eigenvalue weighted by Crippen LogP contribution is -2.49. The van der Waals surface area contributed by atoms with E-state index >= 15 is 0 Å². The maximum absolute atomic E-state index is 12.9. The van der Waals surface area contributed by atoms with E-state index in [4.69, 9.17) is 0 Å². The number of pyridine rings is 1. The number of aromatic nitrogens is 1. The molecule has 1 aliphatic heterocycles. The van der Waals surface area contributed by atoms with Gasteiger partial charge < -0.3 is 10.6 Å². The van der Waals surface area contributed by atoms with Crippen LogP contribution in [0.2, 0.25) is 0 Å². The second-order valence-electron chi connectivity index (χ2n) is 7.71. The van der Waals surface area contributed by atoms with Gasteiger partial charge in [0.25, 0.3) is 5.91 Å². The third-order valence-corrected chi connectivity index (χ3v) is 6.43. The van der Waals surface area contributed by atoms with E-state index in [2.05, 4.69) is 15.6 Å². The van der Waals surface area contributed by atoms with E-state index in [0.717, 1.165) is 35.3 Å². The van der Waals surface area contributed by atoms with E-state index in [1.165, 1.54) is 0 Å². The summed E-state index contributed by atoms with van der Waals surface area (Å²) in [5.41, 5.74) is 1.18. The minimum atomic E-state index is -0.810. The lowest BCUT2D eigenvalue weighted by Gasteiger charge is -2.30. The Kier molecular flexibility index (Phi) is 5.62. The van der Waals surface area contributed by atoms with Crippen molar-refractivity contribution in [2.45, 2.75) is 50.1 Å². The van der Waals surface area contributed by atoms with E-state index in [-0.39, 0.29) is 24.4 Å². The number of amides is 4. The molecule has 2 fully saturated rings. The first-order chi connectivity index (χ1) is 14.1. The van der Waals surface area contributed by atoms with Crippen molar-refractivity contribution in [3.8, 4) is 0 Å². The van der Waals surface area contributed by atoms with Gasteiger partial charge in [-0.1, -0.05) is 25.3 Å². The normalized spacial score (nSPS) is 19.2. The summed E-state index contributed by atoms with van der Waals surface area (Å²) < 4.78 is 0. The molecule has 1 aliphatic carbocycles. The lowest BCUT2D eigenvalue weighted by molar-refractivity contribution is -0.136. The minimum Gasteiger partial charge on any atom is -0.347 e. The van der Waals surface area contributed by atoms with Gasteiger partial charge in [-0.25, -0.2) is 4.79 Å². The molecule has 2 aromatic heterocycles. The molecular formula is C21H24N4O3S. The first-order valence-corrected chi connectivity index (χ1v) is 10.9. The zero-order chi connectivity index (χ0) is 20.3. The van der Waals surface area contributed by atoms with Gasteiger partial charge in [0.2, 0.25) is 5.91 Å². The standard InChI is InChI=1S/C21H24N4O3S/c26-18(13-25-19(27)21(24-20(25)28)7-2-1-3-8-21)23-17(11-15-6-10-29-14-15)16-5-4-9-22-12-16/h4-6,9-10,12,14,17H,1-3,7-8,11,13H2,(H,23,26)(H,24,28). The molecule has 8 heteroatoms. The molecule has 4 amide bonds. The Bertz CT molecular complexity index is 879. The van der Waals surface area contributed by atoms with E-state index < -0.39 is 11.6 Å². The second-order valence-corrected chi connectivity index (χ2v) is 8.49. The zero-order valence-electron chi connectivity index (χ0n) is 16.1. The smallest absolute Gasteiger partial charge is 0.325 e. The number of imide groups is 1. The van der Waals surface area contributed by atoms with Gasteiger partial charge in [-0.05, 0) is 53.3 Å². The Hall–Kier alpha value is -2.74. The Labute approximate surface area is 173 Å². The Balaban J connectivity index is 1.45. The molecule has 4 rings (SSSR count). The van der Waals surface area contributed by atoms with E-state index in [1.54, 1.807) is 23.7 Å². The number of rotatable bonds is 6. The number of hydrogen-bond donors (Lipinski definition) is 2. The van der Waals surface area contributed by atoms with Gasteiger partial charge in [-0.3, -0.25) is 19.5 Å². The number of urea groups is 1. The highest BCUT2D eigenvalue weighted by atomic mass is 32.1. The van der Waals surface area contributed by atoms with Crippen molar-refractivity contribution < 1.29 is 14.4 Å². The molecule has 1 spiro atoms. The summed E-state index contributed by atoms with van der Waals surface area (Å²) in [6.45, 7) is -0.271. The lowest BCUT2D eigenvalue weighted by atomic mass is 9.82. The van der Waals surface area contributed by atoms with Crippen LogP contribution < -0.4 is 10.6 Å². The van der Waals surface area contributed by atoms with Crippen molar-refractivity contribution in [2.75, 3.05) is 6.54 Å². The largest absolute Gasteiger partial charge is 0.347 e. The predicted octanol–water partition coefficient (Wildman–Crippen LogP) is 2.80. The van der Waals surface area contributed by atoms with E-state index in [1.807, 2.05) is 29.0 Å². The quantitative estimate of drug-likeness (QED) is 0.714. The van der Waals surface area contributed by atoms with Crippen LogP contribution in [0.15, 0.2) is 41.4 Å². The SMILES string of the molecule is O=C(CN1C(=O)NC2(CCCCC2)C1=O)NC(Cc1ccsc1)c1cccnc1. The van der Waals surface area contributed by atoms with Crippen LogP contribution in [0.1, 0.15) is 49.3 Å². The number of carbonyl (C=O) groups excluding carboxylic acids is 3. The maximum atomic E-state index is 12.9. The van der Waals surface area contributed by atoms with Crippen molar-refractivity contribution in [2.24, 2.45) is 0 Å². The number of thiophene rings is 1. The molecule has 1 atom stereocenters. The van der Waals surface area contributed by atoms with Crippen molar-refractivity contribution in [3.63, 3.8) is 0 Å². The molecule has 152 valence electrons. The number of nitrogens with zero attached hydrogens (tertiary/aromatic N) is 2. The van der Waals surface area contributed by atoms with Crippen LogP contribution in [0.3, 0.4) is 0 Å². The van der Waals surface area contributed by atoms with Crippen LogP contribution in [0.5, 0.6) is 0 Å². The Morgan fingerprint density at radius 3 is 2.79 bits per heavy atom. The fraction of sp³-hybridized carbons (Fsp3) is 0.429. The summed E-state index contributed by atoms with van der Waals surface area (Å²) >= 11 is 1.60. The Morgan fingerprint density at radius 1 is 1.28 bits per heavy atom. The molecule has 2 aromatic rings. The molecule has 1 unspecified atom stereocenters. The monoisotopic (exact) mass is 412 g/mol. The van der Waals surface area contributed by atoms with Gasteiger partial charge in [0.15, 0.2) is 0 Å². The van der Waals surface area contributed by atoms with Crippen LogP contribution in [0, 0.1) is 0 Å². The highest BCUT2D eigenvalue weighted by molar-refractivity contribution is 7.07. The molecule has 29 heavy (non-hydrogen) atoms. The number of carbonyl (C=O) groups is 3. The minimum absolute atomic E-state index is 0.270. The summed E-state index contributed by atoms with van der Waals surface area (Å²) in [5, 5.41) is 9.86. The van der Waals surface area contributed by atoms with Gasteiger partial charge >= 0.3 is 6.03 Å². The molecule has 0 radical (unpaired) electrons. The van der Waals surface area contributed by atoms with Crippen LogP contribution in [-0.4, -0.2) is 39.8 Å². The summed E-state index contributed by atoms with van der Waals surface area (Å²) in [6, 6.07) is 5.00. The third-order valence-electron chi connectivity index (χ3n) is 5.70. The number of nitrogens with one attached hydrogen (secondary N) is 2. The van der Waals surface area contributed by atoms with Crippen LogP contribution in [0.4, 0.5) is 4.79 Å². The third kappa shape index (κ3) is 4.17. The molecule has 7 nitrogen and oxygen atoms in total. The predicted molar refractivity (Wildman–Crippen MR) is 109 cm³/mol. The van der Waals surface area contributed by atoms with Gasteiger partial charge in [0.1, 0.15) is 12.1 Å². The zero-order valence-corrected chi connectivity index (χ0v) is 16.9. The molecule has 1 saturated heterocycles. The molecule has 2 N–H and O–H groups in total. The van der Waals surface area contributed by atoms with Gasteiger partial charge in [0, 0.05) is 12.4 Å². The molecule has 3 heterocycles. The highest BCUT2D eigenvalue weighted by Crippen LogP contribution is 2.33. The van der Waals surface area contributed by atoms with E-state index in [9.17, 15) is 14.4 Å². The summed E-state index contributed by atoms with van der Waals surface area (Å²) in [7, 11) is 0. The first kappa shape index (κ1) is 19.6. The van der Waals surface area contributed by atoms with E-state index in [0.29, 0.717) is 19.3 Å². The van der Waals surface area contributed by atoms with Crippen LogP contribution in [-0.2, 0) is 16.0 Å². The highest BCUT2D eigenvalue weighted by Gasteiger charge is 2.51. The molecule has 2 aliphatic rings. The van der Waals surface area contributed by atoms with Gasteiger partial charge in [0.05, 0.1) is 6.04 Å². The van der Waals surface area contributed by atoms with Crippen molar-refractivity contribution in [1.82, 2.24) is 20.5 Å². The number of hydrogen-bond acceptors (Lipinski definition) is 5. The molecular weight excluding hydrogens is 388 g/mol. The Morgan fingerprint density at radius 2 is 2.10 bits per heavy atom. The van der Waals surface area contributed by atoms with Crippen molar-refractivity contribution in [1.29, 1.82) is 0 Å². The summed E-state index contributed by atoms with van der Waals surface area (Å²) in [6.07, 6.45) is 8.21. The average molecular weight is 413 g/mol. The molecule has 0 aromatic carbocycles. The summed E-state index contributed by atoms with van der Waals surface area (Å²) in [5.74, 6) is -0.626. The maximum Gasteiger partial charge on any atom is 0.325 e. The fourth-order valence-electron chi connectivity index (χ4n) is 4.18. The topological polar surface area (TPSA) is 91.4 Å². The van der Waals surface area contributed by atoms with Crippen LogP contribution in [0.25, 0.3) is 0 Å². The average Bonchev–Trinajstić information content (AvgIpc) is 3.32. The first-order valence-electron chi connectivity index (χ1n) is 9.92. The fourth-order valence-corrected chi connectivity index (χ4v) is 4.86. The van der Waals surface area contributed by atoms with Gasteiger partial charge in [-0.2, -0.15) is 11.3 Å².